The molecule has 0 saturated carbocycles. The lowest BCUT2D eigenvalue weighted by atomic mass is 9.86. The highest BCUT2D eigenvalue weighted by atomic mass is 35.5. The number of aromatic amines is 2. The third kappa shape index (κ3) is 16.6. The van der Waals surface area contributed by atoms with E-state index in [1.54, 1.807) is 91.7 Å². The predicted molar refractivity (Wildman–Crippen MR) is 434 cm³/mol. The van der Waals surface area contributed by atoms with E-state index in [1.165, 1.54) is 85.6 Å². The number of hydrogen-bond acceptors (Lipinski definition) is 15. The number of aromatic hydroxyl groups is 3. The number of nitrogens with two attached hydrogens (primary N) is 1. The van der Waals surface area contributed by atoms with Gasteiger partial charge in [0, 0.05) is 22.4 Å². The number of carboxylic acid groups (broad SMARTS) is 3. The number of amides is 1. The van der Waals surface area contributed by atoms with Crippen LogP contribution in [0.2, 0.25) is 0 Å². The topological polar surface area (TPSA) is 356 Å². The van der Waals surface area contributed by atoms with Gasteiger partial charge >= 0.3 is 17.9 Å². The molecule has 0 bridgehead atoms. The van der Waals surface area contributed by atoms with Crippen LogP contribution in [0.15, 0.2) is 199 Å². The number of fused-ring (bicyclic) bond motifs is 3. The molecule has 3 aliphatic carbocycles. The molecule has 9 aromatic carbocycles. The first kappa shape index (κ1) is 79.3. The average Bonchev–Trinajstić information content (AvgIpc) is 1.64. The van der Waals surface area contributed by atoms with Crippen molar-refractivity contribution in [2.45, 2.75) is 144 Å². The molecular weight excluding hydrogens is 1430 g/mol. The van der Waals surface area contributed by atoms with Gasteiger partial charge in [-0.15, -0.1) is 32.9 Å². The van der Waals surface area contributed by atoms with Crippen molar-refractivity contribution in [1.29, 1.82) is 0 Å². The lowest BCUT2D eigenvalue weighted by Crippen LogP contribution is -2.20. The summed E-state index contributed by atoms with van der Waals surface area (Å²) in [7, 11) is 0. The Kier molecular flexibility index (Phi) is 22.5. The largest absolute Gasteiger partial charge is 0.505 e. The number of phenols is 3. The van der Waals surface area contributed by atoms with Crippen LogP contribution < -0.4 is 21.9 Å². The number of hydrazone groups is 1. The van der Waals surface area contributed by atoms with Crippen molar-refractivity contribution in [3.63, 3.8) is 0 Å². The Labute approximate surface area is 647 Å². The standard InChI is InChI=1S/2C29H28N4O4.C15H18N2O.C14H13NO3.ClH/c2*1-16-12-22(19-6-5-7-20(14-19)28(36)37)26(34)24(13-16)30-31-25-17(2)32-33(27(25)35)21-9-8-18-10-11-29(3,4)23(18)15-21;1-10-8-14(18)17(16-10)12-5-4-11-6-7-15(2,3)13(11)9-12;1-8-5-11(13(16)12(15)6-8)9-3-2-4-10(7-9)14(17)18;/h2*5-9,12-15,32,34H,10-11H2,1-4H3,(H,36,37);4-5,9H,6-8H2,1-3H3;2-7,16H,15H2,1H3,(H,17,18);1H. The van der Waals surface area contributed by atoms with Crippen LogP contribution in [0.5, 0.6) is 17.2 Å². The number of benzene rings is 9. The Morgan fingerprint density at radius 1 is 0.441 bits per heavy atom. The van der Waals surface area contributed by atoms with Gasteiger partial charge in [-0.3, -0.25) is 24.6 Å². The van der Waals surface area contributed by atoms with Crippen LogP contribution in [0, 0.1) is 34.6 Å². The van der Waals surface area contributed by atoms with Gasteiger partial charge in [-0.1, -0.05) is 96.1 Å². The highest BCUT2D eigenvalue weighted by Gasteiger charge is 2.34. The van der Waals surface area contributed by atoms with Crippen LogP contribution in [0.3, 0.4) is 0 Å². The number of anilines is 2. The minimum atomic E-state index is -1.06. The summed E-state index contributed by atoms with van der Waals surface area (Å²) in [5.74, 6) is -3.36. The number of aromatic carboxylic acids is 3. The van der Waals surface area contributed by atoms with Gasteiger partial charge in [0.05, 0.1) is 57.2 Å². The summed E-state index contributed by atoms with van der Waals surface area (Å²) >= 11 is 0. The highest BCUT2D eigenvalue weighted by molar-refractivity contribution is 6.12. The molecule has 1 amide bonds. The fraction of sp³-hybridized carbons (Fsp3) is 0.253. The van der Waals surface area contributed by atoms with Crippen molar-refractivity contribution in [2.24, 2.45) is 25.6 Å². The Morgan fingerprint density at radius 2 is 0.784 bits per heavy atom. The van der Waals surface area contributed by atoms with Crippen molar-refractivity contribution in [3.8, 4) is 62.0 Å². The van der Waals surface area contributed by atoms with Gasteiger partial charge in [-0.25, -0.2) is 28.8 Å². The van der Waals surface area contributed by atoms with Gasteiger partial charge in [0.2, 0.25) is 0 Å². The van der Waals surface area contributed by atoms with Crippen molar-refractivity contribution >= 4 is 76.1 Å². The molecule has 0 fully saturated rings. The number of rotatable bonds is 13. The van der Waals surface area contributed by atoms with Crippen molar-refractivity contribution in [2.75, 3.05) is 10.7 Å². The lowest BCUT2D eigenvalue weighted by Gasteiger charge is -2.21. The van der Waals surface area contributed by atoms with Crippen LogP contribution in [-0.4, -0.2) is 79.7 Å². The molecule has 2 aromatic heterocycles. The van der Waals surface area contributed by atoms with E-state index in [4.69, 9.17) is 10.8 Å². The molecule has 4 aliphatic rings. The number of nitrogens with zero attached hydrogens (tertiary/aromatic N) is 8. The minimum Gasteiger partial charge on any atom is -0.505 e. The number of H-pyrrole nitrogens is 2. The second kappa shape index (κ2) is 31.4. The van der Waals surface area contributed by atoms with Gasteiger partial charge in [0.25, 0.3) is 17.0 Å². The van der Waals surface area contributed by atoms with Crippen molar-refractivity contribution < 1.29 is 49.8 Å². The summed E-state index contributed by atoms with van der Waals surface area (Å²) < 4.78 is 2.94. The SMILES string of the molecule is CC1=NN(c2ccc3c(c2)C(C)(C)CC3)C(=O)C1.Cc1cc(N)c(O)c(-c2cccc(C(=O)O)c2)c1.Cc1cc(N=Nc2c(C)[nH]n(-c3ccc4c(c3)C(C)(C)CC4)c2=O)c(O)c(-c2cccc(C(=O)O)c2)c1.Cc1cc(N=Nc2c(C)[nH]n(-c3ccc4c(c3)C(C)(C)CC4)c2=O)c(O)c(-c2cccc(C(=O)O)c2)c1.Cl. The van der Waals surface area contributed by atoms with Gasteiger partial charge in [0.1, 0.15) is 17.1 Å². The Bertz CT molecular complexity index is 5550. The third-order valence-electron chi connectivity index (χ3n) is 20.8. The maximum Gasteiger partial charge on any atom is 0.335 e. The molecule has 0 radical (unpaired) electrons. The van der Waals surface area contributed by atoms with Gasteiger partial charge in [0.15, 0.2) is 22.9 Å². The highest BCUT2D eigenvalue weighted by Crippen LogP contribution is 2.45. The molecule has 0 saturated heterocycles. The molecule has 0 spiro atoms. The minimum absolute atomic E-state index is 0. The lowest BCUT2D eigenvalue weighted by molar-refractivity contribution is -0.116. The number of nitrogens with one attached hydrogen (secondary N) is 2. The quantitative estimate of drug-likeness (QED) is 0.0295. The van der Waals surface area contributed by atoms with Crippen LogP contribution in [0.25, 0.3) is 44.8 Å². The molecule has 0 atom stereocenters. The zero-order valence-corrected chi connectivity index (χ0v) is 64.6. The number of hydrogen-bond donors (Lipinski definition) is 9. The molecule has 1 aliphatic heterocycles. The molecular formula is C87H88ClN11O12. The molecule has 23 nitrogen and oxygen atoms in total. The van der Waals surface area contributed by atoms with Crippen molar-refractivity contribution in [1.82, 2.24) is 19.6 Å². The summed E-state index contributed by atoms with van der Waals surface area (Å²) in [6, 6.07) is 47.7. The van der Waals surface area contributed by atoms with Crippen molar-refractivity contribution in [3.05, 3.63) is 263 Å². The predicted octanol–water partition coefficient (Wildman–Crippen LogP) is 19.1. The number of aromatic nitrogens is 4. The Hall–Kier alpha value is -12.8. The number of aryl methyl sites for hydroxylation is 8. The van der Waals surface area contributed by atoms with E-state index in [9.17, 15) is 54.3 Å². The smallest absolute Gasteiger partial charge is 0.335 e. The number of carbonyl (C=O) groups is 4. The maximum absolute atomic E-state index is 13.3. The molecule has 11 aromatic rings. The number of nitrogen functional groups attached to an aromatic ring is 1. The summed E-state index contributed by atoms with van der Waals surface area (Å²) in [5.41, 5.74) is 24.6. The first-order chi connectivity index (χ1) is 52.1. The summed E-state index contributed by atoms with van der Waals surface area (Å²) in [6.07, 6.45) is 6.98. The third-order valence-corrected chi connectivity index (χ3v) is 20.8. The fourth-order valence-corrected chi connectivity index (χ4v) is 14.6. The number of carboxylic acids is 3. The molecule has 570 valence electrons. The molecule has 24 heteroatoms. The van der Waals surface area contributed by atoms with Gasteiger partial charge < -0.3 is 36.4 Å². The fourth-order valence-electron chi connectivity index (χ4n) is 14.6. The maximum atomic E-state index is 13.3. The van der Waals surface area contributed by atoms with E-state index < -0.39 is 17.9 Å². The number of carbonyl (C=O) groups excluding carboxylic acids is 1. The zero-order valence-electron chi connectivity index (χ0n) is 63.7. The van der Waals surface area contributed by atoms with Crippen LogP contribution in [0.4, 0.5) is 34.1 Å². The second-order valence-electron chi connectivity index (χ2n) is 30.5. The van der Waals surface area contributed by atoms with E-state index >= 15 is 0 Å². The molecule has 3 heterocycles. The van der Waals surface area contributed by atoms with E-state index in [-0.39, 0.29) is 108 Å². The number of halogens is 1. The van der Waals surface area contributed by atoms with Crippen LogP contribution in [0.1, 0.15) is 167 Å². The van der Waals surface area contributed by atoms with Crippen LogP contribution >= 0.6 is 12.4 Å². The zero-order chi connectivity index (χ0) is 79.2. The van der Waals surface area contributed by atoms with Crippen LogP contribution in [-0.2, 0) is 40.3 Å². The monoisotopic (exact) mass is 1510 g/mol. The summed E-state index contributed by atoms with van der Waals surface area (Å²) in [4.78, 5) is 72.1. The molecule has 0 unspecified atom stereocenters. The summed E-state index contributed by atoms with van der Waals surface area (Å²) in [5, 5.41) is 88.3. The molecule has 10 N–H and O–H groups in total. The van der Waals surface area contributed by atoms with E-state index in [2.05, 4.69) is 114 Å². The average molecular weight is 1520 g/mol. The van der Waals surface area contributed by atoms with Gasteiger partial charge in [-0.2, -0.15) is 5.10 Å². The normalized spacial score (nSPS) is 14.6. The summed E-state index contributed by atoms with van der Waals surface area (Å²) in [6.45, 7) is 24.3. The van der Waals surface area contributed by atoms with Gasteiger partial charge in [-0.05, 0) is 272 Å². The number of azo groups is 2. The molecule has 15 rings (SSSR count). The first-order valence-electron chi connectivity index (χ1n) is 36.1. The van der Waals surface area contributed by atoms with E-state index in [0.717, 1.165) is 71.6 Å². The van der Waals surface area contributed by atoms with E-state index in [0.29, 0.717) is 51.2 Å². The Balaban J connectivity index is 0.000000154. The second-order valence-corrected chi connectivity index (χ2v) is 30.5. The number of phenolic OH excluding ortho intramolecular Hbond substituents is 3. The molecule has 111 heavy (non-hydrogen) atoms. The van der Waals surface area contributed by atoms with E-state index in [1.807, 2.05) is 45.9 Å². The first-order valence-corrected chi connectivity index (χ1v) is 36.1. The Morgan fingerprint density at radius 3 is 1.14 bits per heavy atom.